The number of carbonyl (C=O) groups is 1. The molecule has 0 bridgehead atoms. The molecule has 0 aromatic heterocycles. The number of hydrogen-bond acceptors (Lipinski definition) is 5. The summed E-state index contributed by atoms with van der Waals surface area (Å²) in [5.41, 5.74) is 1.34. The number of ether oxygens (including phenoxy) is 1. The van der Waals surface area contributed by atoms with Gasteiger partial charge >= 0.3 is 5.97 Å². The van der Waals surface area contributed by atoms with Crippen LogP contribution in [-0.4, -0.2) is 60.7 Å². The lowest BCUT2D eigenvalue weighted by Gasteiger charge is -2.17. The Balaban J connectivity index is 2.40. The van der Waals surface area contributed by atoms with Crippen molar-refractivity contribution in [3.8, 4) is 0 Å². The van der Waals surface area contributed by atoms with Crippen LogP contribution in [0.3, 0.4) is 0 Å². The molecule has 1 unspecified atom stereocenters. The summed E-state index contributed by atoms with van der Waals surface area (Å²) in [5, 5.41) is 12.4. The lowest BCUT2D eigenvalue weighted by atomic mass is 10.2. The number of alkyl halides is 1. The molecule has 6 heteroatoms. The van der Waals surface area contributed by atoms with Crippen molar-refractivity contribution < 1.29 is 14.6 Å². The number of nitrogens with zero attached hydrogens (tertiary/aromatic N) is 1. The number of carbonyl (C=O) groups excluding carboxylic acids is 1. The smallest absolute Gasteiger partial charge is 0.338 e. The van der Waals surface area contributed by atoms with Crippen LogP contribution in [0.1, 0.15) is 24.2 Å². The van der Waals surface area contributed by atoms with E-state index >= 15 is 0 Å². The molecule has 0 aliphatic carbocycles. The monoisotopic (exact) mass is 328 g/mol. The molecule has 0 saturated heterocycles. The van der Waals surface area contributed by atoms with Gasteiger partial charge in [0.1, 0.15) is 6.61 Å². The van der Waals surface area contributed by atoms with Crippen molar-refractivity contribution in [2.75, 3.05) is 44.0 Å². The van der Waals surface area contributed by atoms with Crippen molar-refractivity contribution in [2.24, 2.45) is 0 Å². The molecule has 22 heavy (non-hydrogen) atoms. The second-order valence-corrected chi connectivity index (χ2v) is 5.24. The van der Waals surface area contributed by atoms with E-state index < -0.39 is 6.10 Å². The number of nitrogens with one attached hydrogen (secondary N) is 1. The minimum atomic E-state index is -0.591. The summed E-state index contributed by atoms with van der Waals surface area (Å²) < 4.78 is 5.26. The Labute approximate surface area is 137 Å². The van der Waals surface area contributed by atoms with Crippen LogP contribution in [0.2, 0.25) is 0 Å². The topological polar surface area (TPSA) is 61.8 Å². The summed E-state index contributed by atoms with van der Waals surface area (Å²) in [6.07, 6.45) is -0.591. The summed E-state index contributed by atoms with van der Waals surface area (Å²) in [7, 11) is 0. The SMILES string of the molecule is CCN(CC)CCOC(=O)c1ccc(NCC(O)CCl)cc1. The summed E-state index contributed by atoms with van der Waals surface area (Å²) in [6.45, 7) is 7.57. The number of hydrogen-bond donors (Lipinski definition) is 2. The number of rotatable bonds is 10. The molecular formula is C16H25ClN2O3. The highest BCUT2D eigenvalue weighted by Crippen LogP contribution is 2.10. The summed E-state index contributed by atoms with van der Waals surface area (Å²) in [5.74, 6) is -0.135. The first-order chi connectivity index (χ1) is 10.6. The molecule has 1 aromatic rings. The van der Waals surface area contributed by atoms with E-state index in [9.17, 15) is 9.90 Å². The van der Waals surface area contributed by atoms with Gasteiger partial charge in [-0.15, -0.1) is 11.6 Å². The fraction of sp³-hybridized carbons (Fsp3) is 0.562. The fourth-order valence-electron chi connectivity index (χ4n) is 1.90. The maximum absolute atomic E-state index is 11.9. The second kappa shape index (κ2) is 10.4. The van der Waals surface area contributed by atoms with Crippen molar-refractivity contribution in [1.82, 2.24) is 4.90 Å². The van der Waals surface area contributed by atoms with Crippen LogP contribution in [0.5, 0.6) is 0 Å². The third-order valence-electron chi connectivity index (χ3n) is 3.38. The summed E-state index contributed by atoms with van der Waals surface area (Å²) >= 11 is 5.52. The van der Waals surface area contributed by atoms with Gasteiger partial charge < -0.3 is 20.1 Å². The molecule has 1 rings (SSSR count). The van der Waals surface area contributed by atoms with Gasteiger partial charge in [-0.1, -0.05) is 13.8 Å². The average molecular weight is 329 g/mol. The van der Waals surface area contributed by atoms with Crippen molar-refractivity contribution in [3.63, 3.8) is 0 Å². The molecule has 0 heterocycles. The molecule has 1 aromatic carbocycles. The standard InChI is InChI=1S/C16H25ClN2O3/c1-3-19(4-2)9-10-22-16(21)13-5-7-14(8-6-13)18-12-15(20)11-17/h5-8,15,18,20H,3-4,9-12H2,1-2H3. The maximum atomic E-state index is 11.9. The largest absolute Gasteiger partial charge is 0.461 e. The van der Waals surface area contributed by atoms with E-state index in [0.717, 1.165) is 25.3 Å². The molecular weight excluding hydrogens is 304 g/mol. The molecule has 2 N–H and O–H groups in total. The Morgan fingerprint density at radius 3 is 2.50 bits per heavy atom. The van der Waals surface area contributed by atoms with Crippen molar-refractivity contribution >= 4 is 23.3 Å². The zero-order valence-corrected chi connectivity index (χ0v) is 14.0. The van der Waals surface area contributed by atoms with Gasteiger partial charge in [-0.05, 0) is 37.4 Å². The number of aliphatic hydroxyl groups excluding tert-OH is 1. The van der Waals surface area contributed by atoms with E-state index in [1.807, 2.05) is 0 Å². The Kier molecular flexibility index (Phi) is 8.89. The molecule has 0 aliphatic rings. The van der Waals surface area contributed by atoms with Gasteiger partial charge in [0.25, 0.3) is 0 Å². The Morgan fingerprint density at radius 1 is 1.32 bits per heavy atom. The van der Waals surface area contributed by atoms with E-state index in [2.05, 4.69) is 24.1 Å². The molecule has 0 aliphatic heterocycles. The highest BCUT2D eigenvalue weighted by atomic mass is 35.5. The molecule has 0 amide bonds. The third-order valence-corrected chi connectivity index (χ3v) is 3.73. The van der Waals surface area contributed by atoms with E-state index in [-0.39, 0.29) is 11.8 Å². The molecule has 0 spiro atoms. The molecule has 1 atom stereocenters. The molecule has 124 valence electrons. The zero-order chi connectivity index (χ0) is 16.4. The zero-order valence-electron chi connectivity index (χ0n) is 13.2. The molecule has 0 radical (unpaired) electrons. The first-order valence-corrected chi connectivity index (χ1v) is 8.11. The van der Waals surface area contributed by atoms with E-state index in [1.165, 1.54) is 0 Å². The fourth-order valence-corrected chi connectivity index (χ4v) is 2.01. The highest BCUT2D eigenvalue weighted by molar-refractivity contribution is 6.18. The van der Waals surface area contributed by atoms with Crippen molar-refractivity contribution in [3.05, 3.63) is 29.8 Å². The lowest BCUT2D eigenvalue weighted by molar-refractivity contribution is 0.0466. The average Bonchev–Trinajstić information content (AvgIpc) is 2.56. The van der Waals surface area contributed by atoms with E-state index in [0.29, 0.717) is 18.7 Å². The van der Waals surface area contributed by atoms with Crippen LogP contribution in [-0.2, 0) is 4.74 Å². The number of aliphatic hydroxyl groups is 1. The van der Waals surface area contributed by atoms with Crippen LogP contribution >= 0.6 is 11.6 Å². The molecule has 0 saturated carbocycles. The predicted molar refractivity (Wildman–Crippen MR) is 89.7 cm³/mol. The van der Waals surface area contributed by atoms with E-state index in [4.69, 9.17) is 16.3 Å². The normalized spacial score (nSPS) is 12.2. The first kappa shape index (κ1) is 18.7. The third kappa shape index (κ3) is 6.64. The van der Waals surface area contributed by atoms with Crippen LogP contribution in [0, 0.1) is 0 Å². The Hall–Kier alpha value is -1.30. The maximum Gasteiger partial charge on any atom is 0.338 e. The minimum Gasteiger partial charge on any atom is -0.461 e. The number of anilines is 1. The predicted octanol–water partition coefficient (Wildman–Crippen LogP) is 2.20. The van der Waals surface area contributed by atoms with E-state index in [1.54, 1.807) is 24.3 Å². The summed E-state index contributed by atoms with van der Waals surface area (Å²) in [4.78, 5) is 14.1. The first-order valence-electron chi connectivity index (χ1n) is 7.58. The van der Waals surface area contributed by atoms with Crippen molar-refractivity contribution in [2.45, 2.75) is 20.0 Å². The number of halogens is 1. The van der Waals surface area contributed by atoms with Gasteiger partial charge in [0.15, 0.2) is 0 Å². The number of likely N-dealkylation sites (N-methyl/N-ethyl adjacent to an activating group) is 1. The summed E-state index contributed by atoms with van der Waals surface area (Å²) in [6, 6.07) is 6.97. The molecule has 5 nitrogen and oxygen atoms in total. The van der Waals surface area contributed by atoms with Gasteiger partial charge in [0.2, 0.25) is 0 Å². The van der Waals surface area contributed by atoms with Crippen molar-refractivity contribution in [1.29, 1.82) is 0 Å². The van der Waals surface area contributed by atoms with Gasteiger partial charge in [0, 0.05) is 18.8 Å². The Morgan fingerprint density at radius 2 is 1.95 bits per heavy atom. The lowest BCUT2D eigenvalue weighted by Crippen LogP contribution is -2.27. The van der Waals surface area contributed by atoms with Crippen LogP contribution in [0.15, 0.2) is 24.3 Å². The van der Waals surface area contributed by atoms with Crippen LogP contribution in [0.4, 0.5) is 5.69 Å². The highest BCUT2D eigenvalue weighted by Gasteiger charge is 2.08. The van der Waals surface area contributed by atoms with Gasteiger partial charge in [-0.3, -0.25) is 0 Å². The Bertz CT molecular complexity index is 436. The number of benzene rings is 1. The number of esters is 1. The van der Waals surface area contributed by atoms with Crippen LogP contribution < -0.4 is 5.32 Å². The van der Waals surface area contributed by atoms with Gasteiger partial charge in [-0.2, -0.15) is 0 Å². The van der Waals surface area contributed by atoms with Crippen LogP contribution in [0.25, 0.3) is 0 Å². The molecule has 0 fully saturated rings. The van der Waals surface area contributed by atoms with Gasteiger partial charge in [0.05, 0.1) is 17.5 Å². The van der Waals surface area contributed by atoms with Gasteiger partial charge in [-0.25, -0.2) is 4.79 Å². The quantitative estimate of drug-likeness (QED) is 0.509. The second-order valence-electron chi connectivity index (χ2n) is 4.93. The minimum absolute atomic E-state index is 0.184.